The Morgan fingerprint density at radius 1 is 1.47 bits per heavy atom. The largest absolute Gasteiger partial charge is 0.382 e. The Balaban J connectivity index is 1.91. The molecule has 4 nitrogen and oxygen atoms in total. The van der Waals surface area contributed by atoms with Crippen LogP contribution in [0.1, 0.15) is 13.3 Å². The Hall–Kier alpha value is -1.62. The number of H-pyrrole nitrogens is 1. The molecule has 0 aliphatic heterocycles. The van der Waals surface area contributed by atoms with E-state index in [0.29, 0.717) is 11.5 Å². The van der Waals surface area contributed by atoms with E-state index >= 15 is 0 Å². The predicted molar refractivity (Wildman–Crippen MR) is 65.7 cm³/mol. The fraction of sp³-hybridized carbons (Fsp3) is 0.417. The molecule has 17 heavy (non-hydrogen) atoms. The van der Waals surface area contributed by atoms with Crippen LogP contribution in [-0.4, -0.2) is 29.7 Å². The van der Waals surface area contributed by atoms with Crippen molar-refractivity contribution in [3.05, 3.63) is 24.0 Å². The minimum absolute atomic E-state index is 0.260. The lowest BCUT2D eigenvalue weighted by molar-refractivity contribution is 0.147. The van der Waals surface area contributed by atoms with Gasteiger partial charge < -0.3 is 15.0 Å². The summed E-state index contributed by atoms with van der Waals surface area (Å²) in [5, 5.41) is 3.14. The lowest BCUT2D eigenvalue weighted by Gasteiger charge is -2.02. The van der Waals surface area contributed by atoms with Crippen LogP contribution in [0.5, 0.6) is 0 Å². The summed E-state index contributed by atoms with van der Waals surface area (Å²) in [4.78, 5) is 7.32. The van der Waals surface area contributed by atoms with E-state index in [-0.39, 0.29) is 5.82 Å². The van der Waals surface area contributed by atoms with Crippen LogP contribution in [0.4, 0.5) is 10.3 Å². The molecule has 0 amide bonds. The minimum atomic E-state index is -0.260. The van der Waals surface area contributed by atoms with Crippen molar-refractivity contribution in [2.45, 2.75) is 13.3 Å². The van der Waals surface area contributed by atoms with E-state index in [0.717, 1.165) is 31.7 Å². The number of aromatic amines is 1. The summed E-state index contributed by atoms with van der Waals surface area (Å²) in [6.45, 7) is 4.23. The quantitative estimate of drug-likeness (QED) is 0.759. The van der Waals surface area contributed by atoms with Gasteiger partial charge in [-0.1, -0.05) is 0 Å². The molecule has 1 heterocycles. The van der Waals surface area contributed by atoms with Crippen molar-refractivity contribution in [2.75, 3.05) is 25.1 Å². The van der Waals surface area contributed by atoms with Crippen molar-refractivity contribution in [3.8, 4) is 0 Å². The van der Waals surface area contributed by atoms with Crippen LogP contribution in [-0.2, 0) is 4.74 Å². The second-order valence-electron chi connectivity index (χ2n) is 3.72. The van der Waals surface area contributed by atoms with E-state index in [1.54, 1.807) is 6.07 Å². The second kappa shape index (κ2) is 5.63. The number of hydrogen-bond donors (Lipinski definition) is 2. The van der Waals surface area contributed by atoms with Crippen LogP contribution in [0, 0.1) is 5.82 Å². The van der Waals surface area contributed by atoms with E-state index in [9.17, 15) is 4.39 Å². The van der Waals surface area contributed by atoms with Crippen LogP contribution in [0.15, 0.2) is 18.2 Å². The first-order chi connectivity index (χ1) is 8.29. The third-order valence-corrected chi connectivity index (χ3v) is 2.41. The van der Waals surface area contributed by atoms with E-state index in [1.165, 1.54) is 12.1 Å². The van der Waals surface area contributed by atoms with E-state index < -0.39 is 0 Å². The lowest BCUT2D eigenvalue weighted by atomic mass is 10.3. The molecule has 0 aliphatic carbocycles. The number of hydrogen-bond acceptors (Lipinski definition) is 3. The molecule has 0 saturated heterocycles. The average molecular weight is 237 g/mol. The molecule has 0 atom stereocenters. The number of nitrogens with zero attached hydrogens (tertiary/aromatic N) is 1. The van der Waals surface area contributed by atoms with Gasteiger partial charge in [0, 0.05) is 19.8 Å². The zero-order valence-corrected chi connectivity index (χ0v) is 9.79. The molecule has 2 aromatic rings. The third kappa shape index (κ3) is 3.17. The molecule has 0 bridgehead atoms. The maximum atomic E-state index is 13.0. The van der Waals surface area contributed by atoms with Crippen LogP contribution in [0.25, 0.3) is 11.0 Å². The van der Waals surface area contributed by atoms with E-state index in [1.807, 2.05) is 6.92 Å². The normalized spacial score (nSPS) is 10.9. The van der Waals surface area contributed by atoms with Gasteiger partial charge in [0.25, 0.3) is 0 Å². The van der Waals surface area contributed by atoms with Crippen molar-refractivity contribution in [1.82, 2.24) is 9.97 Å². The Morgan fingerprint density at radius 3 is 3.18 bits per heavy atom. The number of benzene rings is 1. The van der Waals surface area contributed by atoms with Gasteiger partial charge in [0.2, 0.25) is 5.95 Å². The van der Waals surface area contributed by atoms with Crippen LogP contribution in [0.2, 0.25) is 0 Å². The highest BCUT2D eigenvalue weighted by Crippen LogP contribution is 2.15. The molecule has 1 aromatic heterocycles. The number of fused-ring (bicyclic) bond motifs is 1. The number of anilines is 1. The predicted octanol–water partition coefficient (Wildman–Crippen LogP) is 2.54. The van der Waals surface area contributed by atoms with Crippen LogP contribution < -0.4 is 5.32 Å². The summed E-state index contributed by atoms with van der Waals surface area (Å²) in [5.74, 6) is 0.408. The molecular formula is C12H16FN3O. The number of imidazole rings is 1. The van der Waals surface area contributed by atoms with E-state index in [4.69, 9.17) is 4.74 Å². The van der Waals surface area contributed by atoms with Gasteiger partial charge in [0.1, 0.15) is 5.82 Å². The van der Waals surface area contributed by atoms with Crippen molar-refractivity contribution in [3.63, 3.8) is 0 Å². The number of aromatic nitrogens is 2. The molecule has 2 N–H and O–H groups in total. The molecule has 0 unspecified atom stereocenters. The Kier molecular flexibility index (Phi) is 3.93. The fourth-order valence-corrected chi connectivity index (χ4v) is 1.59. The fourth-order valence-electron chi connectivity index (χ4n) is 1.59. The summed E-state index contributed by atoms with van der Waals surface area (Å²) in [5.41, 5.74) is 1.47. The minimum Gasteiger partial charge on any atom is -0.382 e. The first kappa shape index (κ1) is 11.9. The SMILES string of the molecule is CCOCCCNc1nc2ccc(F)cc2[nH]1. The van der Waals surface area contributed by atoms with Crippen LogP contribution >= 0.6 is 0 Å². The van der Waals surface area contributed by atoms with Gasteiger partial charge in [-0.15, -0.1) is 0 Å². The first-order valence-electron chi connectivity index (χ1n) is 5.76. The Morgan fingerprint density at radius 2 is 2.35 bits per heavy atom. The topological polar surface area (TPSA) is 49.9 Å². The van der Waals surface area contributed by atoms with Gasteiger partial charge >= 0.3 is 0 Å². The van der Waals surface area contributed by atoms with E-state index in [2.05, 4.69) is 15.3 Å². The van der Waals surface area contributed by atoms with Crippen molar-refractivity contribution in [1.29, 1.82) is 0 Å². The lowest BCUT2D eigenvalue weighted by Crippen LogP contribution is -2.06. The number of rotatable bonds is 6. The van der Waals surface area contributed by atoms with Crippen molar-refractivity contribution >= 4 is 17.0 Å². The van der Waals surface area contributed by atoms with Gasteiger partial charge in [-0.2, -0.15) is 0 Å². The summed E-state index contributed by atoms with van der Waals surface area (Å²) >= 11 is 0. The van der Waals surface area contributed by atoms with Crippen molar-refractivity contribution < 1.29 is 9.13 Å². The zero-order chi connectivity index (χ0) is 12.1. The smallest absolute Gasteiger partial charge is 0.201 e. The number of nitrogens with one attached hydrogen (secondary N) is 2. The van der Waals surface area contributed by atoms with Gasteiger partial charge in [0.15, 0.2) is 0 Å². The molecule has 1 aromatic carbocycles. The maximum Gasteiger partial charge on any atom is 0.201 e. The monoisotopic (exact) mass is 237 g/mol. The van der Waals surface area contributed by atoms with Crippen LogP contribution in [0.3, 0.4) is 0 Å². The van der Waals surface area contributed by atoms with Crippen molar-refractivity contribution in [2.24, 2.45) is 0 Å². The first-order valence-corrected chi connectivity index (χ1v) is 5.76. The maximum absolute atomic E-state index is 13.0. The highest BCUT2D eigenvalue weighted by Gasteiger charge is 2.02. The molecule has 0 radical (unpaired) electrons. The molecule has 2 rings (SSSR count). The summed E-state index contributed by atoms with van der Waals surface area (Å²) in [6.07, 6.45) is 0.916. The summed E-state index contributed by atoms with van der Waals surface area (Å²) in [6, 6.07) is 4.50. The molecule has 5 heteroatoms. The number of ether oxygens (including phenoxy) is 1. The average Bonchev–Trinajstić information content (AvgIpc) is 2.70. The molecule has 0 spiro atoms. The number of halogens is 1. The van der Waals surface area contributed by atoms with Gasteiger partial charge in [-0.25, -0.2) is 9.37 Å². The highest BCUT2D eigenvalue weighted by atomic mass is 19.1. The zero-order valence-electron chi connectivity index (χ0n) is 9.79. The second-order valence-corrected chi connectivity index (χ2v) is 3.72. The standard InChI is InChI=1S/C12H16FN3O/c1-2-17-7-3-6-14-12-15-10-5-4-9(13)8-11(10)16-12/h4-5,8H,2-3,6-7H2,1H3,(H2,14,15,16). The molecule has 0 fully saturated rings. The summed E-state index contributed by atoms with van der Waals surface area (Å²) < 4.78 is 18.2. The molecular weight excluding hydrogens is 221 g/mol. The third-order valence-electron chi connectivity index (χ3n) is 2.41. The molecule has 92 valence electrons. The highest BCUT2D eigenvalue weighted by molar-refractivity contribution is 5.77. The molecule has 0 saturated carbocycles. The Labute approximate surface area is 99.2 Å². The molecule has 0 aliphatic rings. The van der Waals surface area contributed by atoms with Gasteiger partial charge in [0.05, 0.1) is 11.0 Å². The summed E-state index contributed by atoms with van der Waals surface area (Å²) in [7, 11) is 0. The van der Waals surface area contributed by atoms with Gasteiger partial charge in [-0.05, 0) is 31.5 Å². The van der Waals surface area contributed by atoms with Gasteiger partial charge in [-0.3, -0.25) is 0 Å². The Bertz CT molecular complexity index is 484.